The average molecular weight is 242 g/mol. The monoisotopic (exact) mass is 242 g/mol. The Morgan fingerprint density at radius 2 is 2.12 bits per heavy atom. The molecule has 0 spiro atoms. The third-order valence-electron chi connectivity index (χ3n) is 3.13. The van der Waals surface area contributed by atoms with Crippen molar-refractivity contribution in [1.82, 2.24) is 9.80 Å². The Kier molecular flexibility index (Phi) is 4.93. The van der Waals surface area contributed by atoms with Crippen LogP contribution in [0, 0.1) is 11.8 Å². The minimum absolute atomic E-state index is 0.0116. The van der Waals surface area contributed by atoms with E-state index in [1.807, 2.05) is 4.90 Å². The van der Waals surface area contributed by atoms with Crippen LogP contribution < -0.4 is 0 Å². The Balaban J connectivity index is 2.63. The number of aliphatic carboxylic acids is 1. The predicted octanol–water partition coefficient (Wildman–Crippen LogP) is 0.507. The predicted molar refractivity (Wildman–Crippen MR) is 64.7 cm³/mol. The summed E-state index contributed by atoms with van der Waals surface area (Å²) in [5, 5.41) is 9.10. The topological polar surface area (TPSA) is 60.9 Å². The molecule has 1 heterocycles. The van der Waals surface area contributed by atoms with Gasteiger partial charge < -0.3 is 10.0 Å². The van der Waals surface area contributed by atoms with Gasteiger partial charge in [-0.25, -0.2) is 0 Å². The van der Waals surface area contributed by atoms with E-state index in [2.05, 4.69) is 13.8 Å². The fraction of sp³-hybridized carbons (Fsp3) is 0.833. The number of carboxylic acids is 1. The molecule has 1 N–H and O–H groups in total. The van der Waals surface area contributed by atoms with Crippen LogP contribution in [0.2, 0.25) is 0 Å². The highest BCUT2D eigenvalue weighted by Crippen LogP contribution is 2.11. The van der Waals surface area contributed by atoms with Gasteiger partial charge in [0.05, 0.1) is 12.5 Å². The van der Waals surface area contributed by atoms with Crippen LogP contribution in [0.25, 0.3) is 0 Å². The molecular formula is C12H22N2O3. The molecule has 1 atom stereocenters. The van der Waals surface area contributed by atoms with Crippen molar-refractivity contribution in [3.63, 3.8) is 0 Å². The van der Waals surface area contributed by atoms with Gasteiger partial charge in [0.1, 0.15) is 0 Å². The molecule has 0 bridgehead atoms. The summed E-state index contributed by atoms with van der Waals surface area (Å²) in [6.07, 6.45) is 0.989. The van der Waals surface area contributed by atoms with Gasteiger partial charge in [-0.2, -0.15) is 0 Å². The van der Waals surface area contributed by atoms with Crippen molar-refractivity contribution in [2.75, 3.05) is 33.2 Å². The molecule has 1 amide bonds. The Bertz CT molecular complexity index is 291. The minimum Gasteiger partial charge on any atom is -0.481 e. The molecular weight excluding hydrogens is 220 g/mol. The summed E-state index contributed by atoms with van der Waals surface area (Å²) in [5.74, 6) is -0.716. The van der Waals surface area contributed by atoms with E-state index in [1.54, 1.807) is 7.05 Å². The largest absolute Gasteiger partial charge is 0.481 e. The Labute approximate surface area is 102 Å². The molecule has 0 radical (unpaired) electrons. The van der Waals surface area contributed by atoms with Gasteiger partial charge in [-0.3, -0.25) is 14.5 Å². The van der Waals surface area contributed by atoms with Crippen LogP contribution in [0.15, 0.2) is 0 Å². The van der Waals surface area contributed by atoms with E-state index in [4.69, 9.17) is 5.11 Å². The van der Waals surface area contributed by atoms with Crippen molar-refractivity contribution in [2.45, 2.75) is 20.3 Å². The van der Waals surface area contributed by atoms with Crippen molar-refractivity contribution in [3.8, 4) is 0 Å². The second-order valence-corrected chi connectivity index (χ2v) is 5.23. The average Bonchev–Trinajstić information content (AvgIpc) is 2.36. The number of rotatable bonds is 4. The van der Waals surface area contributed by atoms with E-state index >= 15 is 0 Å². The molecule has 1 aliphatic rings. The summed E-state index contributed by atoms with van der Waals surface area (Å²) >= 11 is 0. The first kappa shape index (κ1) is 14.0. The highest BCUT2D eigenvalue weighted by molar-refractivity contribution is 5.80. The lowest BCUT2D eigenvalue weighted by atomic mass is 10.1. The van der Waals surface area contributed by atoms with Crippen LogP contribution in [0.3, 0.4) is 0 Å². The van der Waals surface area contributed by atoms with E-state index in [1.165, 1.54) is 4.90 Å². The van der Waals surface area contributed by atoms with Gasteiger partial charge in [0.25, 0.3) is 0 Å². The lowest BCUT2D eigenvalue weighted by Gasteiger charge is -2.21. The normalized spacial score (nSPS) is 22.9. The number of hydrogen-bond acceptors (Lipinski definition) is 3. The molecule has 0 aromatic rings. The number of nitrogens with zero attached hydrogens (tertiary/aromatic N) is 2. The SMILES string of the molecule is CC(C)CCN1CC(=O)N(C)CC(C(=O)O)C1. The van der Waals surface area contributed by atoms with Crippen LogP contribution in [0.4, 0.5) is 0 Å². The van der Waals surface area contributed by atoms with Gasteiger partial charge >= 0.3 is 5.97 Å². The zero-order valence-corrected chi connectivity index (χ0v) is 10.8. The fourth-order valence-electron chi connectivity index (χ4n) is 1.95. The van der Waals surface area contributed by atoms with Gasteiger partial charge in [-0.1, -0.05) is 13.8 Å². The van der Waals surface area contributed by atoms with Gasteiger partial charge in [0.2, 0.25) is 5.91 Å². The van der Waals surface area contributed by atoms with Gasteiger partial charge in [0.15, 0.2) is 0 Å². The number of carboxylic acid groups (broad SMARTS) is 1. The third-order valence-corrected chi connectivity index (χ3v) is 3.13. The first-order valence-electron chi connectivity index (χ1n) is 6.09. The summed E-state index contributed by atoms with van der Waals surface area (Å²) in [6.45, 7) is 6.17. The molecule has 0 aromatic heterocycles. The van der Waals surface area contributed by atoms with E-state index < -0.39 is 11.9 Å². The first-order valence-corrected chi connectivity index (χ1v) is 6.09. The minimum atomic E-state index is -0.818. The molecule has 1 fully saturated rings. The summed E-state index contributed by atoms with van der Waals surface area (Å²) in [7, 11) is 1.67. The fourth-order valence-corrected chi connectivity index (χ4v) is 1.95. The molecule has 5 heteroatoms. The van der Waals surface area contributed by atoms with Gasteiger partial charge in [-0.15, -0.1) is 0 Å². The van der Waals surface area contributed by atoms with Crippen molar-refractivity contribution in [3.05, 3.63) is 0 Å². The van der Waals surface area contributed by atoms with Crippen molar-refractivity contribution in [1.29, 1.82) is 0 Å². The number of hydrogen-bond donors (Lipinski definition) is 1. The maximum Gasteiger partial charge on any atom is 0.309 e. The van der Waals surface area contributed by atoms with Gasteiger partial charge in [0, 0.05) is 20.1 Å². The molecule has 0 aliphatic carbocycles. The summed E-state index contributed by atoms with van der Waals surface area (Å²) in [6, 6.07) is 0. The first-order chi connectivity index (χ1) is 7.90. The maximum atomic E-state index is 11.7. The van der Waals surface area contributed by atoms with Gasteiger partial charge in [-0.05, 0) is 18.9 Å². The van der Waals surface area contributed by atoms with Crippen LogP contribution in [-0.2, 0) is 9.59 Å². The summed E-state index contributed by atoms with van der Waals surface area (Å²) in [4.78, 5) is 26.3. The highest BCUT2D eigenvalue weighted by Gasteiger charge is 2.29. The second kappa shape index (κ2) is 6.00. The van der Waals surface area contributed by atoms with E-state index in [9.17, 15) is 9.59 Å². The lowest BCUT2D eigenvalue weighted by Crippen LogP contribution is -2.35. The lowest BCUT2D eigenvalue weighted by molar-refractivity contribution is -0.142. The van der Waals surface area contributed by atoms with Crippen LogP contribution in [-0.4, -0.2) is 60.0 Å². The number of carbonyl (C=O) groups is 2. The number of amides is 1. The highest BCUT2D eigenvalue weighted by atomic mass is 16.4. The molecule has 1 aliphatic heterocycles. The molecule has 1 saturated heterocycles. The Morgan fingerprint density at radius 1 is 1.47 bits per heavy atom. The second-order valence-electron chi connectivity index (χ2n) is 5.23. The van der Waals surface area contributed by atoms with Crippen LogP contribution in [0.1, 0.15) is 20.3 Å². The van der Waals surface area contributed by atoms with Crippen LogP contribution in [0.5, 0.6) is 0 Å². The van der Waals surface area contributed by atoms with Crippen LogP contribution >= 0.6 is 0 Å². The molecule has 0 saturated carbocycles. The molecule has 0 aromatic carbocycles. The molecule has 98 valence electrons. The van der Waals surface area contributed by atoms with Crippen molar-refractivity contribution < 1.29 is 14.7 Å². The van der Waals surface area contributed by atoms with Crippen molar-refractivity contribution >= 4 is 11.9 Å². The standard InChI is InChI=1S/C12H22N2O3/c1-9(2)4-5-14-7-10(12(16)17)6-13(3)11(15)8-14/h9-10H,4-8H2,1-3H3,(H,16,17). The molecule has 1 unspecified atom stereocenters. The third kappa shape index (κ3) is 4.34. The molecule has 5 nitrogen and oxygen atoms in total. The Hall–Kier alpha value is -1.10. The smallest absolute Gasteiger partial charge is 0.309 e. The van der Waals surface area contributed by atoms with Crippen molar-refractivity contribution in [2.24, 2.45) is 11.8 Å². The number of likely N-dealkylation sites (N-methyl/N-ethyl adjacent to an activating group) is 1. The maximum absolute atomic E-state index is 11.7. The van der Waals surface area contributed by atoms with E-state index in [0.717, 1.165) is 13.0 Å². The zero-order valence-electron chi connectivity index (χ0n) is 10.8. The summed E-state index contributed by atoms with van der Waals surface area (Å²) < 4.78 is 0. The number of carbonyl (C=O) groups excluding carboxylic acids is 1. The molecule has 1 rings (SSSR count). The summed E-state index contributed by atoms with van der Waals surface area (Å²) in [5.41, 5.74) is 0. The quantitative estimate of drug-likeness (QED) is 0.780. The Morgan fingerprint density at radius 3 is 2.65 bits per heavy atom. The van der Waals surface area contributed by atoms with E-state index in [0.29, 0.717) is 25.6 Å². The zero-order chi connectivity index (χ0) is 13.0. The molecule has 17 heavy (non-hydrogen) atoms. The van der Waals surface area contributed by atoms with E-state index in [-0.39, 0.29) is 5.91 Å².